The first-order valence-corrected chi connectivity index (χ1v) is 7.73. The fourth-order valence-corrected chi connectivity index (χ4v) is 2.95. The number of rotatable bonds is 7. The Balaban J connectivity index is 1.66. The summed E-state index contributed by atoms with van der Waals surface area (Å²) in [5.74, 6) is -1.34. The maximum atomic E-state index is 11.7. The van der Waals surface area contributed by atoms with E-state index in [0.29, 0.717) is 30.8 Å². The van der Waals surface area contributed by atoms with E-state index in [0.717, 1.165) is 6.42 Å². The van der Waals surface area contributed by atoms with Crippen molar-refractivity contribution in [3.8, 4) is 0 Å². The van der Waals surface area contributed by atoms with E-state index >= 15 is 0 Å². The molecule has 0 spiro atoms. The van der Waals surface area contributed by atoms with E-state index in [-0.39, 0.29) is 18.2 Å². The fraction of sp³-hybridized carbons (Fsp3) is 0.500. The lowest BCUT2D eigenvalue weighted by molar-refractivity contribution is -0.157. The zero-order valence-electron chi connectivity index (χ0n) is 11.6. The molecule has 6 nitrogen and oxygen atoms in total. The monoisotopic (exact) mass is 310 g/mol. The van der Waals surface area contributed by atoms with Gasteiger partial charge in [-0.2, -0.15) is 0 Å². The Hall–Kier alpha value is -1.89. The lowest BCUT2D eigenvalue weighted by atomic mass is 9.66. The Morgan fingerprint density at radius 1 is 1.24 bits per heavy atom. The van der Waals surface area contributed by atoms with Crippen molar-refractivity contribution in [3.63, 3.8) is 0 Å². The summed E-state index contributed by atoms with van der Waals surface area (Å²) in [5.41, 5.74) is -0.871. The Morgan fingerprint density at radius 2 is 1.95 bits per heavy atom. The van der Waals surface area contributed by atoms with Crippen LogP contribution in [0.25, 0.3) is 0 Å². The molecule has 1 heterocycles. The molecular formula is C14H18N2O4S. The van der Waals surface area contributed by atoms with E-state index < -0.39 is 11.4 Å². The third-order valence-corrected chi connectivity index (χ3v) is 4.61. The number of carboxylic acids is 1. The molecule has 7 heteroatoms. The van der Waals surface area contributed by atoms with Gasteiger partial charge in [0, 0.05) is 19.5 Å². The lowest BCUT2D eigenvalue weighted by Gasteiger charge is -2.36. The highest BCUT2D eigenvalue weighted by atomic mass is 32.1. The van der Waals surface area contributed by atoms with Gasteiger partial charge < -0.3 is 15.7 Å². The van der Waals surface area contributed by atoms with Crippen LogP contribution in [0.2, 0.25) is 0 Å². The van der Waals surface area contributed by atoms with Crippen molar-refractivity contribution in [3.05, 3.63) is 22.4 Å². The molecule has 1 saturated carbocycles. The van der Waals surface area contributed by atoms with Crippen molar-refractivity contribution in [2.45, 2.75) is 25.7 Å². The van der Waals surface area contributed by atoms with E-state index in [2.05, 4.69) is 10.6 Å². The normalized spacial score (nSPS) is 15.8. The second kappa shape index (κ2) is 6.71. The van der Waals surface area contributed by atoms with Gasteiger partial charge in [0.05, 0.1) is 10.3 Å². The predicted molar refractivity (Wildman–Crippen MR) is 78.2 cm³/mol. The van der Waals surface area contributed by atoms with Crippen molar-refractivity contribution >= 4 is 29.1 Å². The standard InChI is InChI=1S/C14H18N2O4S/c17-11(9-14(13(19)20)4-2-5-14)15-6-7-16-12(18)10-3-1-8-21-10/h1,3,8H,2,4-7,9H2,(H,15,17)(H,16,18)(H,19,20). The van der Waals surface area contributed by atoms with Crippen LogP contribution >= 0.6 is 11.3 Å². The first-order chi connectivity index (χ1) is 10.0. The smallest absolute Gasteiger partial charge is 0.310 e. The highest BCUT2D eigenvalue weighted by Crippen LogP contribution is 2.44. The molecule has 0 saturated heterocycles. The molecule has 21 heavy (non-hydrogen) atoms. The van der Waals surface area contributed by atoms with Crippen LogP contribution in [0.5, 0.6) is 0 Å². The minimum Gasteiger partial charge on any atom is -0.481 e. The summed E-state index contributed by atoms with van der Waals surface area (Å²) in [5, 5.41) is 16.3. The third-order valence-electron chi connectivity index (χ3n) is 3.74. The number of carbonyl (C=O) groups excluding carboxylic acids is 2. The van der Waals surface area contributed by atoms with E-state index in [1.807, 2.05) is 5.38 Å². The number of aliphatic carboxylic acids is 1. The molecule has 0 unspecified atom stereocenters. The van der Waals surface area contributed by atoms with E-state index in [1.165, 1.54) is 11.3 Å². The molecule has 2 rings (SSSR count). The first-order valence-electron chi connectivity index (χ1n) is 6.85. The topological polar surface area (TPSA) is 95.5 Å². The molecule has 1 aromatic rings. The number of carbonyl (C=O) groups is 3. The number of hydrogen-bond donors (Lipinski definition) is 3. The molecule has 1 aromatic heterocycles. The minimum absolute atomic E-state index is 0.0151. The Morgan fingerprint density at radius 3 is 2.48 bits per heavy atom. The van der Waals surface area contributed by atoms with E-state index in [1.54, 1.807) is 12.1 Å². The molecule has 3 N–H and O–H groups in total. The first kappa shape index (κ1) is 15.5. The maximum absolute atomic E-state index is 11.7. The van der Waals surface area contributed by atoms with Crippen molar-refractivity contribution in [2.24, 2.45) is 5.41 Å². The second-order valence-electron chi connectivity index (χ2n) is 5.20. The molecule has 2 amide bonds. The van der Waals surface area contributed by atoms with Crippen LogP contribution in [0.15, 0.2) is 17.5 Å². The SMILES string of the molecule is O=C(CC1(C(=O)O)CCC1)NCCNC(=O)c1cccs1. The van der Waals surface area contributed by atoms with Gasteiger partial charge >= 0.3 is 5.97 Å². The van der Waals surface area contributed by atoms with Gasteiger partial charge in [-0.3, -0.25) is 14.4 Å². The van der Waals surface area contributed by atoms with Gasteiger partial charge in [0.25, 0.3) is 5.91 Å². The van der Waals surface area contributed by atoms with Gasteiger partial charge in [0.1, 0.15) is 0 Å². The van der Waals surface area contributed by atoms with Gasteiger partial charge in [-0.15, -0.1) is 11.3 Å². The third kappa shape index (κ3) is 3.81. The zero-order valence-corrected chi connectivity index (χ0v) is 12.4. The predicted octanol–water partition coefficient (Wildman–Crippen LogP) is 1.24. The van der Waals surface area contributed by atoms with E-state index in [9.17, 15) is 14.4 Å². The van der Waals surface area contributed by atoms with E-state index in [4.69, 9.17) is 5.11 Å². The summed E-state index contributed by atoms with van der Waals surface area (Å²) in [7, 11) is 0. The average molecular weight is 310 g/mol. The quantitative estimate of drug-likeness (QED) is 0.660. The van der Waals surface area contributed by atoms with Gasteiger partial charge in [0.15, 0.2) is 0 Å². The molecule has 0 atom stereocenters. The molecular weight excluding hydrogens is 292 g/mol. The number of amides is 2. The van der Waals surface area contributed by atoms with Gasteiger partial charge in [-0.25, -0.2) is 0 Å². The zero-order chi connectivity index (χ0) is 15.3. The van der Waals surface area contributed by atoms with Crippen LogP contribution < -0.4 is 10.6 Å². The average Bonchev–Trinajstić information content (AvgIpc) is 2.92. The minimum atomic E-state index is -0.894. The summed E-state index contributed by atoms with van der Waals surface area (Å²) in [6.45, 7) is 0.619. The van der Waals surface area contributed by atoms with Crippen LogP contribution in [0.1, 0.15) is 35.4 Å². The summed E-state index contributed by atoms with van der Waals surface area (Å²) in [4.78, 5) is 35.2. The lowest BCUT2D eigenvalue weighted by Crippen LogP contribution is -2.43. The highest BCUT2D eigenvalue weighted by molar-refractivity contribution is 7.12. The number of thiophene rings is 1. The van der Waals surface area contributed by atoms with Gasteiger partial charge in [0.2, 0.25) is 5.91 Å². The molecule has 0 aliphatic heterocycles. The molecule has 0 bridgehead atoms. The van der Waals surface area contributed by atoms with Gasteiger partial charge in [-0.1, -0.05) is 12.5 Å². The summed E-state index contributed by atoms with van der Waals surface area (Å²) < 4.78 is 0. The Kier molecular flexibility index (Phi) is 4.95. The number of hydrogen-bond acceptors (Lipinski definition) is 4. The summed E-state index contributed by atoms with van der Waals surface area (Å²) >= 11 is 1.35. The van der Waals surface area contributed by atoms with Crippen molar-refractivity contribution in [2.75, 3.05) is 13.1 Å². The molecule has 1 aliphatic rings. The van der Waals surface area contributed by atoms with Gasteiger partial charge in [-0.05, 0) is 24.3 Å². The molecule has 0 aromatic carbocycles. The van der Waals surface area contributed by atoms with Crippen LogP contribution in [0.3, 0.4) is 0 Å². The van der Waals surface area contributed by atoms with Crippen molar-refractivity contribution < 1.29 is 19.5 Å². The highest BCUT2D eigenvalue weighted by Gasteiger charge is 2.45. The molecule has 1 fully saturated rings. The Labute approximate surface area is 126 Å². The summed E-state index contributed by atoms with van der Waals surface area (Å²) in [6, 6.07) is 3.52. The fourth-order valence-electron chi connectivity index (χ4n) is 2.31. The Bertz CT molecular complexity index is 523. The molecule has 0 radical (unpaired) electrons. The van der Waals surface area contributed by atoms with Crippen LogP contribution in [0.4, 0.5) is 0 Å². The largest absolute Gasteiger partial charge is 0.481 e. The summed E-state index contributed by atoms with van der Waals surface area (Å²) in [6.07, 6.45) is 1.99. The second-order valence-corrected chi connectivity index (χ2v) is 6.15. The molecule has 1 aliphatic carbocycles. The van der Waals surface area contributed by atoms with Crippen LogP contribution in [-0.2, 0) is 9.59 Å². The number of carboxylic acid groups (broad SMARTS) is 1. The maximum Gasteiger partial charge on any atom is 0.310 e. The number of nitrogens with one attached hydrogen (secondary N) is 2. The van der Waals surface area contributed by atoms with Crippen LogP contribution in [0, 0.1) is 5.41 Å². The van der Waals surface area contributed by atoms with Crippen LogP contribution in [-0.4, -0.2) is 36.0 Å². The molecule has 114 valence electrons. The van der Waals surface area contributed by atoms with Crippen molar-refractivity contribution in [1.82, 2.24) is 10.6 Å². The van der Waals surface area contributed by atoms with Crippen molar-refractivity contribution in [1.29, 1.82) is 0 Å².